The molecule has 0 radical (unpaired) electrons. The molecule has 0 aliphatic carbocycles. The van der Waals surface area contributed by atoms with Gasteiger partial charge >= 0.3 is 0 Å². The van der Waals surface area contributed by atoms with Gasteiger partial charge in [0.2, 0.25) is 11.8 Å². The van der Waals surface area contributed by atoms with E-state index in [9.17, 15) is 14.4 Å². The summed E-state index contributed by atoms with van der Waals surface area (Å²) in [6.45, 7) is 2.10. The van der Waals surface area contributed by atoms with Crippen molar-refractivity contribution in [3.63, 3.8) is 0 Å². The summed E-state index contributed by atoms with van der Waals surface area (Å²) >= 11 is 0. The maximum absolute atomic E-state index is 12.8. The molecular formula is C22H22N4O4. The number of amides is 3. The standard InChI is InChI=1S/C22H22N4O4/c1-13(27)24-15-7-8-20(30-2)19(9-15)25-21(28)14-11-26(12-14)22(29)17-10-23-18-6-4-3-5-16(17)18/h3-10,14,23H,11-12H2,1-2H3,(H,24,27)(H,25,28). The first-order valence-electron chi connectivity index (χ1n) is 9.58. The molecule has 0 bridgehead atoms. The van der Waals surface area contributed by atoms with E-state index < -0.39 is 0 Å². The van der Waals surface area contributed by atoms with Gasteiger partial charge in [-0.1, -0.05) is 18.2 Å². The summed E-state index contributed by atoms with van der Waals surface area (Å²) in [5.74, 6) is -0.322. The Morgan fingerprint density at radius 2 is 1.87 bits per heavy atom. The molecule has 30 heavy (non-hydrogen) atoms. The van der Waals surface area contributed by atoms with Gasteiger partial charge in [0.1, 0.15) is 5.75 Å². The highest BCUT2D eigenvalue weighted by Crippen LogP contribution is 2.30. The third-order valence-electron chi connectivity index (χ3n) is 5.14. The van der Waals surface area contributed by atoms with Crippen LogP contribution in [0.15, 0.2) is 48.7 Å². The van der Waals surface area contributed by atoms with Crippen molar-refractivity contribution in [1.82, 2.24) is 9.88 Å². The number of nitrogens with one attached hydrogen (secondary N) is 3. The van der Waals surface area contributed by atoms with Crippen molar-refractivity contribution in [2.75, 3.05) is 30.8 Å². The van der Waals surface area contributed by atoms with Gasteiger partial charge in [0.05, 0.1) is 24.3 Å². The SMILES string of the molecule is COc1ccc(NC(C)=O)cc1NC(=O)C1CN(C(=O)c2c[nH]c3ccccc23)C1. The Morgan fingerprint density at radius 3 is 2.60 bits per heavy atom. The van der Waals surface area contributed by atoms with E-state index in [0.717, 1.165) is 10.9 Å². The van der Waals surface area contributed by atoms with Crippen LogP contribution in [0, 0.1) is 5.92 Å². The van der Waals surface area contributed by atoms with Crippen LogP contribution in [0.25, 0.3) is 10.9 Å². The van der Waals surface area contributed by atoms with Gasteiger partial charge in [0.15, 0.2) is 0 Å². The Bertz CT molecular complexity index is 1130. The summed E-state index contributed by atoms with van der Waals surface area (Å²) in [6.07, 6.45) is 1.71. The van der Waals surface area contributed by atoms with E-state index in [1.54, 1.807) is 29.3 Å². The molecule has 1 aliphatic rings. The fourth-order valence-corrected chi connectivity index (χ4v) is 3.55. The van der Waals surface area contributed by atoms with Crippen molar-refractivity contribution in [3.05, 3.63) is 54.2 Å². The molecule has 1 aromatic heterocycles. The molecule has 0 saturated carbocycles. The number of ether oxygens (including phenoxy) is 1. The first-order chi connectivity index (χ1) is 14.5. The van der Waals surface area contributed by atoms with Crippen LogP contribution >= 0.6 is 0 Å². The second kappa shape index (κ2) is 7.90. The Labute approximate surface area is 173 Å². The van der Waals surface area contributed by atoms with E-state index in [0.29, 0.717) is 35.8 Å². The zero-order valence-electron chi connectivity index (χ0n) is 16.7. The van der Waals surface area contributed by atoms with Gasteiger partial charge < -0.3 is 25.3 Å². The summed E-state index contributed by atoms with van der Waals surface area (Å²) in [4.78, 5) is 41.5. The molecule has 1 fully saturated rings. The number of hydrogen-bond donors (Lipinski definition) is 3. The Balaban J connectivity index is 1.41. The number of anilines is 2. The summed E-state index contributed by atoms with van der Waals surface area (Å²) in [7, 11) is 1.51. The van der Waals surface area contributed by atoms with Crippen LogP contribution in [-0.4, -0.2) is 47.8 Å². The summed E-state index contributed by atoms with van der Waals surface area (Å²) in [5.41, 5.74) is 2.54. The number of benzene rings is 2. The van der Waals surface area contributed by atoms with Crippen LogP contribution in [0.1, 0.15) is 17.3 Å². The third kappa shape index (κ3) is 3.71. The van der Waals surface area contributed by atoms with Crippen LogP contribution in [-0.2, 0) is 9.59 Å². The molecule has 1 aliphatic heterocycles. The lowest BCUT2D eigenvalue weighted by molar-refractivity contribution is -0.123. The molecule has 8 nitrogen and oxygen atoms in total. The third-order valence-corrected chi connectivity index (χ3v) is 5.14. The molecule has 2 aromatic carbocycles. The first-order valence-corrected chi connectivity index (χ1v) is 9.58. The van der Waals surface area contributed by atoms with Crippen LogP contribution in [0.5, 0.6) is 5.75 Å². The van der Waals surface area contributed by atoms with E-state index in [4.69, 9.17) is 4.74 Å². The van der Waals surface area contributed by atoms with Gasteiger partial charge in [0, 0.05) is 42.8 Å². The Kier molecular flexibility index (Phi) is 5.14. The van der Waals surface area contributed by atoms with E-state index in [1.807, 2.05) is 24.3 Å². The van der Waals surface area contributed by atoms with Crippen LogP contribution in [0.4, 0.5) is 11.4 Å². The number of nitrogens with zero attached hydrogens (tertiary/aromatic N) is 1. The Morgan fingerprint density at radius 1 is 1.10 bits per heavy atom. The zero-order chi connectivity index (χ0) is 21.3. The number of hydrogen-bond acceptors (Lipinski definition) is 4. The van der Waals surface area contributed by atoms with Crippen molar-refractivity contribution < 1.29 is 19.1 Å². The van der Waals surface area contributed by atoms with Gasteiger partial charge in [-0.15, -0.1) is 0 Å². The molecule has 0 atom stereocenters. The molecule has 0 spiro atoms. The minimum Gasteiger partial charge on any atom is -0.495 e. The predicted octanol–water partition coefficient (Wildman–Crippen LogP) is 2.85. The highest BCUT2D eigenvalue weighted by Gasteiger charge is 2.37. The molecule has 1 saturated heterocycles. The lowest BCUT2D eigenvalue weighted by atomic mass is 9.97. The van der Waals surface area contributed by atoms with E-state index in [1.165, 1.54) is 14.0 Å². The molecule has 3 aromatic rings. The normalized spacial score (nSPS) is 13.6. The number of carbonyl (C=O) groups excluding carboxylic acids is 3. The number of methoxy groups -OCH3 is 1. The van der Waals surface area contributed by atoms with E-state index in [-0.39, 0.29) is 23.6 Å². The number of H-pyrrole nitrogens is 1. The van der Waals surface area contributed by atoms with E-state index in [2.05, 4.69) is 15.6 Å². The second-order valence-corrected chi connectivity index (χ2v) is 7.24. The monoisotopic (exact) mass is 406 g/mol. The van der Waals surface area contributed by atoms with Crippen LogP contribution in [0.2, 0.25) is 0 Å². The average molecular weight is 406 g/mol. The van der Waals surface area contributed by atoms with Gasteiger partial charge in [-0.3, -0.25) is 14.4 Å². The van der Waals surface area contributed by atoms with Crippen molar-refractivity contribution in [1.29, 1.82) is 0 Å². The van der Waals surface area contributed by atoms with Gasteiger partial charge in [0.25, 0.3) is 5.91 Å². The molecule has 4 rings (SSSR count). The minimum absolute atomic E-state index is 0.0956. The molecular weight excluding hydrogens is 384 g/mol. The largest absolute Gasteiger partial charge is 0.495 e. The van der Waals surface area contributed by atoms with Crippen LogP contribution in [0.3, 0.4) is 0 Å². The highest BCUT2D eigenvalue weighted by molar-refractivity contribution is 6.07. The molecule has 8 heteroatoms. The second-order valence-electron chi connectivity index (χ2n) is 7.24. The molecule has 2 heterocycles. The zero-order valence-corrected chi connectivity index (χ0v) is 16.7. The number of likely N-dealkylation sites (tertiary alicyclic amines) is 1. The molecule has 0 unspecified atom stereocenters. The quantitative estimate of drug-likeness (QED) is 0.606. The number of aromatic nitrogens is 1. The van der Waals surface area contributed by atoms with Gasteiger partial charge in [-0.05, 0) is 24.3 Å². The highest BCUT2D eigenvalue weighted by atomic mass is 16.5. The van der Waals surface area contributed by atoms with E-state index >= 15 is 0 Å². The number of para-hydroxylation sites is 1. The fourth-order valence-electron chi connectivity index (χ4n) is 3.55. The summed E-state index contributed by atoms with van der Waals surface area (Å²) in [5, 5.41) is 6.39. The maximum atomic E-state index is 12.8. The average Bonchev–Trinajstić information content (AvgIpc) is 3.10. The molecule has 154 valence electrons. The summed E-state index contributed by atoms with van der Waals surface area (Å²) in [6, 6.07) is 12.6. The number of fused-ring (bicyclic) bond motifs is 1. The lowest BCUT2D eigenvalue weighted by Crippen LogP contribution is -2.54. The van der Waals surface area contributed by atoms with Crippen molar-refractivity contribution >= 4 is 40.0 Å². The van der Waals surface area contributed by atoms with Crippen molar-refractivity contribution in [2.45, 2.75) is 6.92 Å². The van der Waals surface area contributed by atoms with Gasteiger partial charge in [-0.25, -0.2) is 0 Å². The fraction of sp³-hybridized carbons (Fsp3) is 0.227. The topological polar surface area (TPSA) is 104 Å². The summed E-state index contributed by atoms with van der Waals surface area (Å²) < 4.78 is 5.29. The smallest absolute Gasteiger partial charge is 0.256 e. The maximum Gasteiger partial charge on any atom is 0.256 e. The van der Waals surface area contributed by atoms with Crippen molar-refractivity contribution in [3.8, 4) is 5.75 Å². The number of carbonyl (C=O) groups is 3. The predicted molar refractivity (Wildman–Crippen MR) is 114 cm³/mol. The Hall–Kier alpha value is -3.81. The number of rotatable bonds is 5. The molecule has 3 N–H and O–H groups in total. The van der Waals surface area contributed by atoms with Crippen molar-refractivity contribution in [2.24, 2.45) is 5.92 Å². The minimum atomic E-state index is -0.312. The first kappa shape index (κ1) is 19.5. The molecule has 3 amide bonds. The lowest BCUT2D eigenvalue weighted by Gasteiger charge is -2.38. The van der Waals surface area contributed by atoms with Gasteiger partial charge in [-0.2, -0.15) is 0 Å². The van der Waals surface area contributed by atoms with Crippen LogP contribution < -0.4 is 15.4 Å². The number of aromatic amines is 1.